The largest absolute Gasteiger partial charge is 2.00 e. The van der Waals surface area contributed by atoms with Crippen molar-refractivity contribution in [3.63, 3.8) is 0 Å². The fraction of sp³-hybridized carbons (Fsp3) is 0. The molecule has 0 aliphatic heterocycles. The predicted molar refractivity (Wildman–Crippen MR) is 190 cm³/mol. The summed E-state index contributed by atoms with van der Waals surface area (Å²) in [4.78, 5) is 51.6. The minimum Gasteiger partial charge on any atom is -0.871 e. The molecule has 0 bridgehead atoms. The second-order valence-electron chi connectivity index (χ2n) is 10.9. The summed E-state index contributed by atoms with van der Waals surface area (Å²) in [5.74, 6) is -3.40. The van der Waals surface area contributed by atoms with E-state index in [9.17, 15) is 29.4 Å². The van der Waals surface area contributed by atoms with Gasteiger partial charge in [-0.3, -0.25) is 19.2 Å². The van der Waals surface area contributed by atoms with Gasteiger partial charge in [0.1, 0.15) is 0 Å². The van der Waals surface area contributed by atoms with Crippen LogP contribution in [-0.2, 0) is 17.1 Å². The maximum Gasteiger partial charge on any atom is 2.00 e. The van der Waals surface area contributed by atoms with E-state index in [4.69, 9.17) is 0 Å². The Hall–Kier alpha value is -6.40. The van der Waals surface area contributed by atoms with Crippen molar-refractivity contribution in [2.24, 2.45) is 0 Å². The Balaban J connectivity index is 0.000000224. The Labute approximate surface area is 306 Å². The smallest absolute Gasteiger partial charge is 0.871 e. The van der Waals surface area contributed by atoms with Gasteiger partial charge in [-0.25, -0.2) is 0 Å². The van der Waals surface area contributed by atoms with Crippen molar-refractivity contribution in [3.8, 4) is 0 Å². The van der Waals surface area contributed by atoms with Crippen LogP contribution >= 0.6 is 0 Å². The van der Waals surface area contributed by atoms with Gasteiger partial charge in [-0.15, -0.1) is 0 Å². The predicted octanol–water partition coefficient (Wildman–Crippen LogP) is 7.05. The SMILES string of the molecule is O=C(C(C(=O)c1ccccc1)=C([O-])c1ccccc1)c1ccccc1.O=C(C(C(=O)c1ccccc1)=C([O-])c1ccccc1)c1ccccc1.[Cu+2]. The molecule has 0 aliphatic rings. The van der Waals surface area contributed by atoms with E-state index < -0.39 is 34.7 Å². The molecule has 0 heterocycles. The zero-order valence-corrected chi connectivity index (χ0v) is 28.0. The fourth-order valence-electron chi connectivity index (χ4n) is 5.02. The van der Waals surface area contributed by atoms with Gasteiger partial charge in [0, 0.05) is 22.3 Å². The molecule has 1 radical (unpaired) electrons. The Morgan fingerprint density at radius 3 is 0.608 bits per heavy atom. The van der Waals surface area contributed by atoms with Crippen LogP contribution in [-0.4, -0.2) is 23.1 Å². The van der Waals surface area contributed by atoms with Crippen LogP contribution in [0.5, 0.6) is 0 Å². The molecule has 0 unspecified atom stereocenters. The van der Waals surface area contributed by atoms with Crippen LogP contribution in [0.4, 0.5) is 0 Å². The second kappa shape index (κ2) is 18.4. The summed E-state index contributed by atoms with van der Waals surface area (Å²) in [6, 6.07) is 50.2. The van der Waals surface area contributed by atoms with Crippen molar-refractivity contribution in [3.05, 3.63) is 227 Å². The van der Waals surface area contributed by atoms with Gasteiger partial charge in [0.25, 0.3) is 0 Å². The van der Waals surface area contributed by atoms with Crippen molar-refractivity contribution in [1.82, 2.24) is 0 Å². The monoisotopic (exact) mass is 717 g/mol. The zero-order valence-electron chi connectivity index (χ0n) is 27.1. The molecule has 51 heavy (non-hydrogen) atoms. The molecule has 0 amide bonds. The van der Waals surface area contributed by atoms with Crippen LogP contribution in [0.15, 0.2) is 193 Å². The van der Waals surface area contributed by atoms with Crippen molar-refractivity contribution >= 4 is 34.7 Å². The minimum atomic E-state index is -0.566. The Kier molecular flexibility index (Phi) is 13.5. The number of benzene rings is 6. The summed E-state index contributed by atoms with van der Waals surface area (Å²) in [6.45, 7) is 0. The number of Topliss-reactive ketones (excluding diaryl/α,β-unsaturated/α-hetero) is 4. The molecule has 0 N–H and O–H groups in total. The summed E-state index contributed by atoms with van der Waals surface area (Å²) in [6.07, 6.45) is 0. The number of rotatable bonds is 10. The molecule has 7 heteroatoms. The standard InChI is InChI=1S/2C22H16O3.Cu/c2*23-20(16-10-4-1-5-11-16)19(21(24)17-12-6-2-7-13-17)22(25)18-14-8-3-9-15-18;/h2*1-15,23H;/q;;+2/p-2. The number of hydrogen-bond acceptors (Lipinski definition) is 6. The van der Waals surface area contributed by atoms with Gasteiger partial charge in [-0.1, -0.05) is 194 Å². The van der Waals surface area contributed by atoms with Crippen LogP contribution in [0.3, 0.4) is 0 Å². The number of allylic oxidation sites excluding steroid dienone is 2. The molecule has 6 aromatic rings. The molecule has 253 valence electrons. The molecule has 0 aliphatic carbocycles. The fourth-order valence-corrected chi connectivity index (χ4v) is 5.02. The van der Waals surface area contributed by atoms with E-state index in [2.05, 4.69) is 0 Å². The average Bonchev–Trinajstić information content (AvgIpc) is 3.20. The van der Waals surface area contributed by atoms with Crippen molar-refractivity contribution in [2.45, 2.75) is 0 Å². The Morgan fingerprint density at radius 1 is 0.275 bits per heavy atom. The van der Waals surface area contributed by atoms with E-state index in [0.717, 1.165) is 0 Å². The molecule has 0 fully saturated rings. The molecule has 6 aromatic carbocycles. The molecule has 0 atom stereocenters. The van der Waals surface area contributed by atoms with Gasteiger partial charge >= 0.3 is 17.1 Å². The summed E-state index contributed by atoms with van der Waals surface area (Å²) in [7, 11) is 0. The summed E-state index contributed by atoms with van der Waals surface area (Å²) in [5.41, 5.74) is 1.18. The van der Waals surface area contributed by atoms with Gasteiger partial charge in [0.2, 0.25) is 0 Å². The second-order valence-corrected chi connectivity index (χ2v) is 10.9. The number of ketones is 4. The third-order valence-corrected chi connectivity index (χ3v) is 7.58. The van der Waals surface area contributed by atoms with Crippen LogP contribution < -0.4 is 10.2 Å². The maximum absolute atomic E-state index is 12.9. The van der Waals surface area contributed by atoms with Crippen LogP contribution in [0.1, 0.15) is 52.6 Å². The number of hydrogen-bond donors (Lipinski definition) is 0. The van der Waals surface area contributed by atoms with Gasteiger partial charge < -0.3 is 10.2 Å². The summed E-state index contributed by atoms with van der Waals surface area (Å²) in [5, 5.41) is 25.8. The molecule has 0 spiro atoms. The van der Waals surface area contributed by atoms with Crippen LogP contribution in [0.25, 0.3) is 11.5 Å². The first-order valence-corrected chi connectivity index (χ1v) is 15.7. The van der Waals surface area contributed by atoms with Gasteiger partial charge in [0.15, 0.2) is 23.1 Å². The molecular weight excluding hydrogens is 688 g/mol. The van der Waals surface area contributed by atoms with Gasteiger partial charge in [0.05, 0.1) is 11.1 Å². The third kappa shape index (κ3) is 9.40. The summed E-state index contributed by atoms with van der Waals surface area (Å²) < 4.78 is 0. The van der Waals surface area contributed by atoms with Gasteiger partial charge in [-0.2, -0.15) is 0 Å². The van der Waals surface area contributed by atoms with E-state index in [1.54, 1.807) is 182 Å². The third-order valence-electron chi connectivity index (χ3n) is 7.58. The van der Waals surface area contributed by atoms with Crippen LogP contribution in [0, 0.1) is 0 Å². The van der Waals surface area contributed by atoms with Crippen molar-refractivity contribution in [2.75, 3.05) is 0 Å². The minimum absolute atomic E-state index is 0. The van der Waals surface area contributed by atoms with Crippen LogP contribution in [0.2, 0.25) is 0 Å². The molecule has 6 nitrogen and oxygen atoms in total. The first-order valence-electron chi connectivity index (χ1n) is 15.7. The molecule has 0 saturated heterocycles. The normalized spacial score (nSPS) is 9.88. The van der Waals surface area contributed by atoms with E-state index in [0.29, 0.717) is 33.4 Å². The average molecular weight is 718 g/mol. The molecule has 0 saturated carbocycles. The van der Waals surface area contributed by atoms with Gasteiger partial charge in [-0.05, 0) is 11.1 Å². The molecular formula is C44H30CuO6. The van der Waals surface area contributed by atoms with E-state index >= 15 is 0 Å². The number of carbonyl (C=O) groups excluding carboxylic acids is 4. The first-order chi connectivity index (χ1) is 24.4. The van der Waals surface area contributed by atoms with Crippen molar-refractivity contribution < 1.29 is 46.5 Å². The molecule has 0 aromatic heterocycles. The van der Waals surface area contributed by atoms with Crippen molar-refractivity contribution in [1.29, 1.82) is 0 Å². The van der Waals surface area contributed by atoms with E-state index in [1.165, 1.54) is 0 Å². The Morgan fingerprint density at radius 2 is 0.431 bits per heavy atom. The zero-order chi connectivity index (χ0) is 35.3. The van der Waals surface area contributed by atoms with E-state index in [1.807, 2.05) is 0 Å². The maximum atomic E-state index is 12.9. The number of carbonyl (C=O) groups is 4. The van der Waals surface area contributed by atoms with E-state index in [-0.39, 0.29) is 28.2 Å². The topological polar surface area (TPSA) is 114 Å². The first kappa shape index (κ1) is 37.4. The Bertz CT molecular complexity index is 1880. The quantitative estimate of drug-likeness (QED) is 0.0375. The molecule has 6 rings (SSSR count). The summed E-state index contributed by atoms with van der Waals surface area (Å²) >= 11 is 0.